The number of rotatable bonds is 6. The van der Waals surface area contributed by atoms with Crippen LogP contribution in [0.1, 0.15) is 23.1 Å². The maximum Gasteiger partial charge on any atom is 0.313 e. The Kier molecular flexibility index (Phi) is 6.78. The summed E-state index contributed by atoms with van der Waals surface area (Å²) in [6.07, 6.45) is 1.64. The zero-order chi connectivity index (χ0) is 19.1. The number of nitrogens with one attached hydrogen (secondary N) is 2. The van der Waals surface area contributed by atoms with Crippen molar-refractivity contribution in [3.63, 3.8) is 0 Å². The Balaban J connectivity index is 1.77. The number of hydrogen-bond donors (Lipinski definition) is 2. The molecule has 2 aromatic carbocycles. The first-order valence-corrected chi connectivity index (χ1v) is 8.80. The fraction of sp³-hybridized carbons (Fsp3) is 0.333. The Bertz CT molecular complexity index is 747. The predicted octanol–water partition coefficient (Wildman–Crippen LogP) is 3.06. The third kappa shape index (κ3) is 5.34. The van der Waals surface area contributed by atoms with Gasteiger partial charge < -0.3 is 15.5 Å². The number of hydrogen-bond acceptors (Lipinski definition) is 3. The van der Waals surface area contributed by atoms with Gasteiger partial charge in [0.25, 0.3) is 0 Å². The maximum atomic E-state index is 12.1. The van der Waals surface area contributed by atoms with Gasteiger partial charge in [-0.1, -0.05) is 30.3 Å². The van der Waals surface area contributed by atoms with Gasteiger partial charge in [-0.15, -0.1) is 0 Å². The van der Waals surface area contributed by atoms with Crippen LogP contribution in [0.3, 0.4) is 0 Å². The third-order valence-electron chi connectivity index (χ3n) is 4.31. The van der Waals surface area contributed by atoms with Crippen LogP contribution >= 0.6 is 0 Å². The largest absolute Gasteiger partial charge is 0.378 e. The fourth-order valence-electron chi connectivity index (χ4n) is 2.72. The van der Waals surface area contributed by atoms with E-state index in [0.29, 0.717) is 12.2 Å². The van der Waals surface area contributed by atoms with Gasteiger partial charge in [-0.05, 0) is 55.5 Å². The molecule has 0 heterocycles. The van der Waals surface area contributed by atoms with E-state index in [-0.39, 0.29) is 0 Å². The monoisotopic (exact) mass is 353 g/mol. The number of nitrogens with zero attached hydrogens (tertiary/aromatic N) is 1. The Morgan fingerprint density at radius 1 is 0.923 bits per heavy atom. The topological polar surface area (TPSA) is 61.4 Å². The van der Waals surface area contributed by atoms with E-state index in [1.165, 1.54) is 5.56 Å². The summed E-state index contributed by atoms with van der Waals surface area (Å²) in [4.78, 5) is 26.1. The number of amides is 2. The second-order valence-electron chi connectivity index (χ2n) is 6.64. The van der Waals surface area contributed by atoms with Crippen molar-refractivity contribution in [2.24, 2.45) is 0 Å². The summed E-state index contributed by atoms with van der Waals surface area (Å²) in [6, 6.07) is 14.1. The summed E-state index contributed by atoms with van der Waals surface area (Å²) in [5.41, 5.74) is 4.95. The van der Waals surface area contributed by atoms with Crippen molar-refractivity contribution < 1.29 is 9.59 Å². The molecule has 0 atom stereocenters. The van der Waals surface area contributed by atoms with Crippen molar-refractivity contribution in [2.75, 3.05) is 30.9 Å². The van der Waals surface area contributed by atoms with Gasteiger partial charge >= 0.3 is 11.8 Å². The van der Waals surface area contributed by atoms with Crippen LogP contribution in [0.25, 0.3) is 0 Å². The van der Waals surface area contributed by atoms with Crippen LogP contribution in [-0.2, 0) is 16.0 Å². The minimum absolute atomic E-state index is 0.467. The van der Waals surface area contributed by atoms with Gasteiger partial charge in [0.15, 0.2) is 0 Å². The van der Waals surface area contributed by atoms with E-state index in [1.807, 2.05) is 46.1 Å². The molecule has 0 aliphatic carbocycles. The highest BCUT2D eigenvalue weighted by atomic mass is 16.2. The standard InChI is InChI=1S/C21H27N3O2/c1-15-7-5-8-16(2)19(15)23-21(26)20(25)22-14-6-9-17-10-12-18(13-11-17)24(3)4/h5,7-8,10-13H,6,9,14H2,1-4H3,(H,22,25)(H,23,26). The molecule has 0 aliphatic rings. The van der Waals surface area contributed by atoms with Gasteiger partial charge in [-0.3, -0.25) is 9.59 Å². The molecule has 2 amide bonds. The molecule has 5 heteroatoms. The van der Waals surface area contributed by atoms with Crippen LogP contribution in [0.5, 0.6) is 0 Å². The molecule has 0 unspecified atom stereocenters. The fourth-order valence-corrected chi connectivity index (χ4v) is 2.72. The maximum absolute atomic E-state index is 12.1. The minimum Gasteiger partial charge on any atom is -0.378 e. The van der Waals surface area contributed by atoms with Gasteiger partial charge in [-0.2, -0.15) is 0 Å². The normalized spacial score (nSPS) is 10.3. The van der Waals surface area contributed by atoms with Gasteiger partial charge in [0.2, 0.25) is 0 Å². The molecule has 2 N–H and O–H groups in total. The lowest BCUT2D eigenvalue weighted by atomic mass is 10.1. The third-order valence-corrected chi connectivity index (χ3v) is 4.31. The zero-order valence-corrected chi connectivity index (χ0v) is 15.9. The number of benzene rings is 2. The highest BCUT2D eigenvalue weighted by molar-refractivity contribution is 6.39. The van der Waals surface area contributed by atoms with Crippen molar-refractivity contribution in [3.05, 3.63) is 59.2 Å². The lowest BCUT2D eigenvalue weighted by molar-refractivity contribution is -0.136. The Labute approximate surface area is 155 Å². The van der Waals surface area contributed by atoms with E-state index < -0.39 is 11.8 Å². The Morgan fingerprint density at radius 2 is 1.54 bits per heavy atom. The van der Waals surface area contributed by atoms with Crippen molar-refractivity contribution in [1.82, 2.24) is 5.32 Å². The van der Waals surface area contributed by atoms with Crippen molar-refractivity contribution in [3.8, 4) is 0 Å². The van der Waals surface area contributed by atoms with Crippen molar-refractivity contribution >= 4 is 23.2 Å². The number of anilines is 2. The molecular weight excluding hydrogens is 326 g/mol. The van der Waals surface area contributed by atoms with E-state index in [9.17, 15) is 9.59 Å². The summed E-state index contributed by atoms with van der Waals surface area (Å²) < 4.78 is 0. The second-order valence-corrected chi connectivity index (χ2v) is 6.64. The van der Waals surface area contributed by atoms with Gasteiger partial charge in [-0.25, -0.2) is 0 Å². The summed E-state index contributed by atoms with van der Waals surface area (Å²) in [6.45, 7) is 4.28. The number of carbonyl (C=O) groups is 2. The molecule has 5 nitrogen and oxygen atoms in total. The quantitative estimate of drug-likeness (QED) is 0.620. The average molecular weight is 353 g/mol. The number of aryl methyl sites for hydroxylation is 3. The SMILES string of the molecule is Cc1cccc(C)c1NC(=O)C(=O)NCCCc1ccc(N(C)C)cc1. The zero-order valence-electron chi connectivity index (χ0n) is 15.9. The molecule has 2 aromatic rings. The smallest absolute Gasteiger partial charge is 0.313 e. The summed E-state index contributed by atoms with van der Waals surface area (Å²) >= 11 is 0. The van der Waals surface area contributed by atoms with E-state index in [2.05, 4.69) is 39.8 Å². The predicted molar refractivity (Wildman–Crippen MR) is 107 cm³/mol. The van der Waals surface area contributed by atoms with Crippen LogP contribution in [0.2, 0.25) is 0 Å². The molecule has 0 aromatic heterocycles. The molecular formula is C21H27N3O2. The minimum atomic E-state index is -0.627. The first-order valence-electron chi connectivity index (χ1n) is 8.80. The Morgan fingerprint density at radius 3 is 2.12 bits per heavy atom. The van der Waals surface area contributed by atoms with Crippen molar-refractivity contribution in [1.29, 1.82) is 0 Å². The molecule has 138 valence electrons. The highest BCUT2D eigenvalue weighted by Gasteiger charge is 2.15. The first kappa shape index (κ1) is 19.5. The van der Waals surface area contributed by atoms with Crippen LogP contribution < -0.4 is 15.5 Å². The highest BCUT2D eigenvalue weighted by Crippen LogP contribution is 2.19. The van der Waals surface area contributed by atoms with Crippen LogP contribution in [0.15, 0.2) is 42.5 Å². The van der Waals surface area contributed by atoms with Crippen LogP contribution in [0, 0.1) is 13.8 Å². The molecule has 2 rings (SSSR count). The molecule has 0 spiro atoms. The van der Waals surface area contributed by atoms with E-state index in [1.54, 1.807) is 0 Å². The molecule has 26 heavy (non-hydrogen) atoms. The van der Waals surface area contributed by atoms with E-state index in [4.69, 9.17) is 0 Å². The molecule has 0 aliphatic heterocycles. The number of carbonyl (C=O) groups excluding carboxylic acids is 2. The molecule has 0 saturated carbocycles. The van der Waals surface area contributed by atoms with Crippen molar-refractivity contribution in [2.45, 2.75) is 26.7 Å². The molecule has 0 saturated heterocycles. The van der Waals surface area contributed by atoms with Crippen LogP contribution in [-0.4, -0.2) is 32.5 Å². The van der Waals surface area contributed by atoms with Gasteiger partial charge in [0, 0.05) is 32.0 Å². The second kappa shape index (κ2) is 9.04. The van der Waals surface area contributed by atoms with E-state index >= 15 is 0 Å². The lowest BCUT2D eigenvalue weighted by Gasteiger charge is -2.13. The first-order chi connectivity index (χ1) is 12.4. The molecule has 0 radical (unpaired) electrons. The lowest BCUT2D eigenvalue weighted by Crippen LogP contribution is -2.36. The Hall–Kier alpha value is -2.82. The molecule has 0 bridgehead atoms. The number of para-hydroxylation sites is 1. The summed E-state index contributed by atoms with van der Waals surface area (Å²) in [7, 11) is 4.02. The molecule has 0 fully saturated rings. The van der Waals surface area contributed by atoms with Gasteiger partial charge in [0.1, 0.15) is 0 Å². The van der Waals surface area contributed by atoms with Crippen LogP contribution in [0.4, 0.5) is 11.4 Å². The van der Waals surface area contributed by atoms with Gasteiger partial charge in [0.05, 0.1) is 0 Å². The summed E-state index contributed by atoms with van der Waals surface area (Å²) in [5, 5.41) is 5.38. The van der Waals surface area contributed by atoms with E-state index in [0.717, 1.165) is 29.7 Å². The summed E-state index contributed by atoms with van der Waals surface area (Å²) in [5.74, 6) is -1.23. The average Bonchev–Trinajstić information content (AvgIpc) is 2.62.